The Morgan fingerprint density at radius 2 is 2.04 bits per heavy atom. The second-order valence-corrected chi connectivity index (χ2v) is 8.53. The van der Waals surface area contributed by atoms with E-state index in [1.165, 1.54) is 36.8 Å². The van der Waals surface area contributed by atoms with Gasteiger partial charge in [0.15, 0.2) is 0 Å². The summed E-state index contributed by atoms with van der Waals surface area (Å²) >= 11 is 0. The van der Waals surface area contributed by atoms with E-state index >= 15 is 0 Å². The summed E-state index contributed by atoms with van der Waals surface area (Å²) in [4.78, 5) is 2.62. The van der Waals surface area contributed by atoms with Gasteiger partial charge in [-0.05, 0) is 43.4 Å². The molecule has 0 radical (unpaired) electrons. The van der Waals surface area contributed by atoms with Gasteiger partial charge in [0, 0.05) is 31.7 Å². The highest BCUT2D eigenvalue weighted by molar-refractivity contribution is 7.88. The minimum Gasteiger partial charge on any atom is -0.314 e. The molecule has 128 valence electrons. The fourth-order valence-electron chi connectivity index (χ4n) is 3.79. The van der Waals surface area contributed by atoms with Crippen LogP contribution < -0.4 is 10.0 Å². The molecule has 2 atom stereocenters. The van der Waals surface area contributed by atoms with E-state index in [0.717, 1.165) is 25.9 Å². The molecule has 1 fully saturated rings. The molecule has 2 aliphatic heterocycles. The normalized spacial score (nSPS) is 24.9. The van der Waals surface area contributed by atoms with Gasteiger partial charge in [0.2, 0.25) is 10.0 Å². The van der Waals surface area contributed by atoms with Crippen LogP contribution in [0.5, 0.6) is 0 Å². The third-order valence-corrected chi connectivity index (χ3v) is 5.68. The molecule has 2 N–H and O–H groups in total. The monoisotopic (exact) mass is 337 g/mol. The Bertz CT molecular complexity index is 632. The number of hydrogen-bond acceptors (Lipinski definition) is 4. The summed E-state index contributed by atoms with van der Waals surface area (Å²) in [6.45, 7) is 3.70. The fourth-order valence-corrected chi connectivity index (χ4v) is 4.31. The van der Waals surface area contributed by atoms with Crippen LogP contribution in [0, 0.1) is 0 Å². The van der Waals surface area contributed by atoms with E-state index in [-0.39, 0.29) is 0 Å². The second kappa shape index (κ2) is 7.30. The van der Waals surface area contributed by atoms with Crippen molar-refractivity contribution in [3.63, 3.8) is 0 Å². The minimum atomic E-state index is -3.06. The Morgan fingerprint density at radius 3 is 2.87 bits per heavy atom. The SMILES string of the molecule is CS(=O)(=O)NCCCN[C@@H]1CCN2CCc3ccccc3[C@H]2C1. The van der Waals surface area contributed by atoms with Crippen LogP contribution in [0.4, 0.5) is 0 Å². The first kappa shape index (κ1) is 16.9. The lowest BCUT2D eigenvalue weighted by Gasteiger charge is -2.43. The number of sulfonamides is 1. The third-order valence-electron chi connectivity index (χ3n) is 4.95. The third kappa shape index (κ3) is 4.53. The first-order valence-electron chi connectivity index (χ1n) is 8.53. The van der Waals surface area contributed by atoms with Crippen LogP contribution in [0.1, 0.15) is 36.4 Å². The van der Waals surface area contributed by atoms with Gasteiger partial charge in [-0.1, -0.05) is 24.3 Å². The summed E-state index contributed by atoms with van der Waals surface area (Å²) in [5.74, 6) is 0. The average Bonchev–Trinajstić information content (AvgIpc) is 2.53. The lowest BCUT2D eigenvalue weighted by atomic mass is 9.85. The van der Waals surface area contributed by atoms with Gasteiger partial charge < -0.3 is 5.32 Å². The molecule has 0 amide bonds. The van der Waals surface area contributed by atoms with Gasteiger partial charge in [0.05, 0.1) is 6.26 Å². The van der Waals surface area contributed by atoms with Crippen molar-refractivity contribution in [2.45, 2.75) is 37.8 Å². The largest absolute Gasteiger partial charge is 0.314 e. The topological polar surface area (TPSA) is 61.4 Å². The zero-order valence-electron chi connectivity index (χ0n) is 13.8. The Labute approximate surface area is 139 Å². The smallest absolute Gasteiger partial charge is 0.208 e. The van der Waals surface area contributed by atoms with Gasteiger partial charge >= 0.3 is 0 Å². The van der Waals surface area contributed by atoms with Crippen LogP contribution in [0.3, 0.4) is 0 Å². The van der Waals surface area contributed by atoms with E-state index in [1.54, 1.807) is 0 Å². The predicted molar refractivity (Wildman–Crippen MR) is 92.9 cm³/mol. The molecule has 1 aromatic rings. The quantitative estimate of drug-likeness (QED) is 0.768. The summed E-state index contributed by atoms with van der Waals surface area (Å²) in [6, 6.07) is 9.91. The molecule has 0 unspecified atom stereocenters. The highest BCUT2D eigenvalue weighted by atomic mass is 32.2. The van der Waals surface area contributed by atoms with Gasteiger partial charge in [-0.3, -0.25) is 4.90 Å². The second-order valence-electron chi connectivity index (χ2n) is 6.70. The van der Waals surface area contributed by atoms with E-state index in [9.17, 15) is 8.42 Å². The maximum Gasteiger partial charge on any atom is 0.208 e. The first-order chi connectivity index (χ1) is 11.0. The van der Waals surface area contributed by atoms with Crippen molar-refractivity contribution in [2.24, 2.45) is 0 Å². The van der Waals surface area contributed by atoms with Gasteiger partial charge in [-0.15, -0.1) is 0 Å². The molecule has 3 rings (SSSR count). The minimum absolute atomic E-state index is 0.511. The van der Waals surface area contributed by atoms with Crippen LogP contribution >= 0.6 is 0 Å². The molecule has 0 aliphatic carbocycles. The van der Waals surface area contributed by atoms with E-state index < -0.39 is 10.0 Å². The maximum absolute atomic E-state index is 11.0. The van der Waals surface area contributed by atoms with E-state index in [4.69, 9.17) is 0 Å². The fraction of sp³-hybridized carbons (Fsp3) is 0.647. The molecular formula is C17H27N3O2S. The van der Waals surface area contributed by atoms with Gasteiger partial charge in [0.1, 0.15) is 0 Å². The molecule has 0 saturated carbocycles. The van der Waals surface area contributed by atoms with Crippen LogP contribution in [-0.4, -0.2) is 51.8 Å². The van der Waals surface area contributed by atoms with Gasteiger partial charge in [0.25, 0.3) is 0 Å². The Balaban J connectivity index is 1.49. The molecule has 2 heterocycles. The number of hydrogen-bond donors (Lipinski definition) is 2. The predicted octanol–water partition coefficient (Wildman–Crippen LogP) is 1.28. The number of nitrogens with one attached hydrogen (secondary N) is 2. The van der Waals surface area contributed by atoms with Crippen molar-refractivity contribution in [1.82, 2.24) is 14.9 Å². The Kier molecular flexibility index (Phi) is 5.36. The molecule has 23 heavy (non-hydrogen) atoms. The standard InChI is InChI=1S/C17H27N3O2S/c1-23(21,22)19-10-4-9-18-15-8-12-20-11-7-14-5-2-3-6-16(14)17(20)13-15/h2-3,5-6,15,17-19H,4,7-13H2,1H3/t15-,17-/m1/s1. The van der Waals surface area contributed by atoms with Crippen molar-refractivity contribution in [1.29, 1.82) is 0 Å². The molecule has 2 aliphatic rings. The summed E-state index contributed by atoms with van der Waals surface area (Å²) in [7, 11) is -3.06. The highest BCUT2D eigenvalue weighted by Gasteiger charge is 2.32. The number of benzene rings is 1. The summed E-state index contributed by atoms with van der Waals surface area (Å²) in [6.07, 6.45) is 5.53. The lowest BCUT2D eigenvalue weighted by molar-refractivity contribution is 0.116. The lowest BCUT2D eigenvalue weighted by Crippen LogP contribution is -2.47. The van der Waals surface area contributed by atoms with Crippen LogP contribution in [0.25, 0.3) is 0 Å². The van der Waals surface area contributed by atoms with Crippen molar-refractivity contribution in [2.75, 3.05) is 32.4 Å². The Morgan fingerprint density at radius 1 is 1.22 bits per heavy atom. The van der Waals surface area contributed by atoms with Crippen molar-refractivity contribution < 1.29 is 8.42 Å². The van der Waals surface area contributed by atoms with Crippen LogP contribution in [0.15, 0.2) is 24.3 Å². The maximum atomic E-state index is 11.0. The molecular weight excluding hydrogens is 310 g/mol. The average molecular weight is 337 g/mol. The van der Waals surface area contributed by atoms with E-state index in [1.807, 2.05) is 0 Å². The first-order valence-corrected chi connectivity index (χ1v) is 10.4. The van der Waals surface area contributed by atoms with Crippen LogP contribution in [0.2, 0.25) is 0 Å². The highest BCUT2D eigenvalue weighted by Crippen LogP contribution is 2.36. The zero-order chi connectivity index (χ0) is 16.3. The van der Waals surface area contributed by atoms with Gasteiger partial charge in [-0.2, -0.15) is 0 Å². The number of nitrogens with zero attached hydrogens (tertiary/aromatic N) is 1. The number of fused-ring (bicyclic) bond motifs is 3. The molecule has 1 aromatic carbocycles. The number of rotatable bonds is 6. The zero-order valence-corrected chi connectivity index (χ0v) is 14.6. The van der Waals surface area contributed by atoms with Crippen molar-refractivity contribution in [3.8, 4) is 0 Å². The summed E-state index contributed by atoms with van der Waals surface area (Å²) in [5, 5.41) is 3.61. The summed E-state index contributed by atoms with van der Waals surface area (Å²) in [5.41, 5.74) is 3.01. The Hall–Kier alpha value is -0.950. The molecule has 6 heteroatoms. The molecule has 0 spiro atoms. The molecule has 5 nitrogen and oxygen atoms in total. The molecule has 0 bridgehead atoms. The van der Waals surface area contributed by atoms with E-state index in [2.05, 4.69) is 39.2 Å². The summed E-state index contributed by atoms with van der Waals surface area (Å²) < 4.78 is 24.6. The van der Waals surface area contributed by atoms with Crippen molar-refractivity contribution in [3.05, 3.63) is 35.4 Å². The number of piperidine rings is 1. The van der Waals surface area contributed by atoms with Gasteiger partial charge in [-0.25, -0.2) is 13.1 Å². The molecule has 1 saturated heterocycles. The van der Waals surface area contributed by atoms with Crippen LogP contribution in [-0.2, 0) is 16.4 Å². The van der Waals surface area contributed by atoms with Crippen molar-refractivity contribution >= 4 is 10.0 Å². The molecule has 0 aromatic heterocycles. The van der Waals surface area contributed by atoms with E-state index in [0.29, 0.717) is 18.6 Å².